The number of ketones is 1. The number of esters is 1. The van der Waals surface area contributed by atoms with E-state index in [2.05, 4.69) is 20.8 Å². The lowest BCUT2D eigenvalue weighted by atomic mass is 9.44. The van der Waals surface area contributed by atoms with E-state index in [0.717, 1.165) is 37.0 Å². The van der Waals surface area contributed by atoms with Crippen LogP contribution in [0.2, 0.25) is 0 Å². The van der Waals surface area contributed by atoms with Gasteiger partial charge in [0, 0.05) is 12.8 Å². The minimum atomic E-state index is -0.0274. The Hall–Kier alpha value is -0.860. The fourth-order valence-corrected chi connectivity index (χ4v) is 8.26. The molecule has 8 atom stereocenters. The second-order valence-corrected chi connectivity index (χ2v) is 10.4. The van der Waals surface area contributed by atoms with E-state index >= 15 is 0 Å². The zero-order chi connectivity index (χ0) is 18.7. The van der Waals surface area contributed by atoms with E-state index in [1.807, 2.05) is 0 Å². The molecule has 0 radical (unpaired) electrons. The summed E-state index contributed by atoms with van der Waals surface area (Å²) in [6.07, 6.45) is 10.3. The summed E-state index contributed by atoms with van der Waals surface area (Å²) in [5.41, 5.74) is 0.673. The van der Waals surface area contributed by atoms with Gasteiger partial charge in [0.2, 0.25) is 0 Å². The lowest BCUT2D eigenvalue weighted by Gasteiger charge is -2.60. The molecule has 4 aliphatic rings. The average Bonchev–Trinajstić information content (AvgIpc) is 2.98. The van der Waals surface area contributed by atoms with Crippen LogP contribution in [0.3, 0.4) is 0 Å². The van der Waals surface area contributed by atoms with E-state index in [9.17, 15) is 9.59 Å². The number of ether oxygens (including phenoxy) is 1. The van der Waals surface area contributed by atoms with E-state index in [1.54, 1.807) is 0 Å². The van der Waals surface area contributed by atoms with Gasteiger partial charge in [-0.25, -0.2) is 0 Å². The molecule has 0 aromatic carbocycles. The Labute approximate surface area is 158 Å². The van der Waals surface area contributed by atoms with Crippen LogP contribution in [0.1, 0.15) is 78.6 Å². The topological polar surface area (TPSA) is 43.4 Å². The highest BCUT2D eigenvalue weighted by Gasteiger charge is 2.61. The molecule has 0 heterocycles. The molecule has 146 valence electrons. The minimum Gasteiger partial charge on any atom is -0.469 e. The highest BCUT2D eigenvalue weighted by molar-refractivity contribution is 5.79. The molecule has 26 heavy (non-hydrogen) atoms. The first kappa shape index (κ1) is 18.5. The number of carbonyl (C=O) groups is 2. The molecule has 8 unspecified atom stereocenters. The first-order valence-electron chi connectivity index (χ1n) is 10.9. The van der Waals surface area contributed by atoms with Gasteiger partial charge in [-0.05, 0) is 85.4 Å². The van der Waals surface area contributed by atoms with Crippen molar-refractivity contribution in [3.63, 3.8) is 0 Å². The van der Waals surface area contributed by atoms with Gasteiger partial charge in [0.05, 0.1) is 13.0 Å². The quantitative estimate of drug-likeness (QED) is 0.649. The minimum absolute atomic E-state index is 0.0192. The van der Waals surface area contributed by atoms with Gasteiger partial charge in [0.1, 0.15) is 5.78 Å². The maximum absolute atomic E-state index is 12.2. The molecule has 4 rings (SSSR count). The molecule has 0 spiro atoms. The van der Waals surface area contributed by atoms with Crippen molar-refractivity contribution in [1.82, 2.24) is 0 Å². The smallest absolute Gasteiger partial charge is 0.308 e. The predicted molar refractivity (Wildman–Crippen MR) is 101 cm³/mol. The summed E-state index contributed by atoms with van der Waals surface area (Å²) >= 11 is 0. The van der Waals surface area contributed by atoms with Gasteiger partial charge >= 0.3 is 5.97 Å². The van der Waals surface area contributed by atoms with E-state index in [4.69, 9.17) is 4.74 Å². The number of fused-ring (bicyclic) bond motifs is 5. The second kappa shape index (κ2) is 6.34. The van der Waals surface area contributed by atoms with Crippen molar-refractivity contribution < 1.29 is 14.3 Å². The van der Waals surface area contributed by atoms with Crippen molar-refractivity contribution in [3.05, 3.63) is 0 Å². The van der Waals surface area contributed by atoms with Crippen LogP contribution in [0.5, 0.6) is 0 Å². The molecule has 3 heteroatoms. The van der Waals surface area contributed by atoms with Crippen LogP contribution in [0, 0.1) is 46.3 Å². The Balaban J connectivity index is 1.58. The normalized spacial score (nSPS) is 48.9. The zero-order valence-corrected chi connectivity index (χ0v) is 17.1. The van der Waals surface area contributed by atoms with Crippen LogP contribution in [-0.4, -0.2) is 18.9 Å². The number of hydrogen-bond acceptors (Lipinski definition) is 3. The molecule has 0 aromatic heterocycles. The Morgan fingerprint density at radius 1 is 1.04 bits per heavy atom. The summed E-state index contributed by atoms with van der Waals surface area (Å²) in [6, 6.07) is 0. The highest BCUT2D eigenvalue weighted by atomic mass is 16.5. The molecule has 4 aliphatic carbocycles. The predicted octanol–water partition coefficient (Wildman–Crippen LogP) is 5.02. The van der Waals surface area contributed by atoms with E-state index in [-0.39, 0.29) is 11.9 Å². The van der Waals surface area contributed by atoms with Crippen LogP contribution < -0.4 is 0 Å². The molecule has 0 aromatic rings. The third-order valence-electron chi connectivity index (χ3n) is 9.73. The Kier molecular flexibility index (Phi) is 4.51. The standard InChI is InChI=1S/C23H36O3/c1-14(21(25)26-4)18-7-8-19-17-6-5-15-13-16(24)9-11-22(15,2)20(17)10-12-23(18,19)3/h14-15,17-20H,5-13H2,1-4H3. The summed E-state index contributed by atoms with van der Waals surface area (Å²) < 4.78 is 5.08. The molecule has 0 amide bonds. The third kappa shape index (κ3) is 2.52. The van der Waals surface area contributed by atoms with Crippen molar-refractivity contribution in [2.45, 2.75) is 78.6 Å². The Bertz CT molecular complexity index is 598. The Morgan fingerprint density at radius 2 is 1.77 bits per heavy atom. The SMILES string of the molecule is COC(=O)C(C)C1CCC2C3CCC4CC(=O)CCC4(C)C3CCC12C. The zero-order valence-electron chi connectivity index (χ0n) is 17.1. The summed E-state index contributed by atoms with van der Waals surface area (Å²) in [5.74, 6) is 3.94. The monoisotopic (exact) mass is 360 g/mol. The maximum Gasteiger partial charge on any atom is 0.308 e. The van der Waals surface area contributed by atoms with Gasteiger partial charge < -0.3 is 4.74 Å². The van der Waals surface area contributed by atoms with E-state index < -0.39 is 0 Å². The molecule has 0 aliphatic heterocycles. The van der Waals surface area contributed by atoms with Gasteiger partial charge in [-0.1, -0.05) is 20.8 Å². The van der Waals surface area contributed by atoms with Crippen LogP contribution >= 0.6 is 0 Å². The fraction of sp³-hybridized carbons (Fsp3) is 0.913. The third-order valence-corrected chi connectivity index (χ3v) is 9.73. The molecule has 4 fully saturated rings. The van der Waals surface area contributed by atoms with E-state index in [1.165, 1.54) is 45.6 Å². The van der Waals surface area contributed by atoms with Crippen molar-refractivity contribution in [2.24, 2.45) is 46.3 Å². The number of carbonyl (C=O) groups excluding carboxylic acids is 2. The fourth-order valence-electron chi connectivity index (χ4n) is 8.26. The first-order valence-corrected chi connectivity index (χ1v) is 10.9. The molecule has 0 bridgehead atoms. The number of hydrogen-bond donors (Lipinski definition) is 0. The molecule has 4 saturated carbocycles. The van der Waals surface area contributed by atoms with Crippen molar-refractivity contribution in [1.29, 1.82) is 0 Å². The van der Waals surface area contributed by atoms with Gasteiger partial charge in [-0.2, -0.15) is 0 Å². The maximum atomic E-state index is 12.2. The number of rotatable bonds is 2. The largest absolute Gasteiger partial charge is 0.469 e. The summed E-state index contributed by atoms with van der Waals surface area (Å²) in [4.78, 5) is 24.2. The number of methoxy groups -OCH3 is 1. The van der Waals surface area contributed by atoms with Crippen LogP contribution in [0.4, 0.5) is 0 Å². The van der Waals surface area contributed by atoms with E-state index in [0.29, 0.717) is 28.4 Å². The molecule has 0 saturated heterocycles. The van der Waals surface area contributed by atoms with Gasteiger partial charge in [0.25, 0.3) is 0 Å². The summed E-state index contributed by atoms with van der Waals surface area (Å²) in [6.45, 7) is 7.07. The average molecular weight is 361 g/mol. The molecule has 0 N–H and O–H groups in total. The first-order chi connectivity index (χ1) is 12.3. The van der Waals surface area contributed by atoms with Crippen LogP contribution in [0.25, 0.3) is 0 Å². The van der Waals surface area contributed by atoms with Gasteiger partial charge in [0.15, 0.2) is 0 Å². The molecular formula is C23H36O3. The number of Topliss-reactive ketones (excluding diaryl/α,β-unsaturated/α-hetero) is 1. The van der Waals surface area contributed by atoms with Gasteiger partial charge in [-0.15, -0.1) is 0 Å². The van der Waals surface area contributed by atoms with Gasteiger partial charge in [-0.3, -0.25) is 9.59 Å². The summed E-state index contributed by atoms with van der Waals surface area (Å²) in [7, 11) is 1.52. The van der Waals surface area contributed by atoms with Crippen molar-refractivity contribution >= 4 is 11.8 Å². The second-order valence-electron chi connectivity index (χ2n) is 10.4. The lowest BCUT2D eigenvalue weighted by molar-refractivity contribution is -0.152. The van der Waals surface area contributed by atoms with Crippen molar-refractivity contribution in [3.8, 4) is 0 Å². The van der Waals surface area contributed by atoms with Crippen molar-refractivity contribution in [2.75, 3.05) is 7.11 Å². The highest BCUT2D eigenvalue weighted by Crippen LogP contribution is 2.68. The summed E-state index contributed by atoms with van der Waals surface area (Å²) in [5, 5.41) is 0. The molecular weight excluding hydrogens is 324 g/mol. The molecule has 3 nitrogen and oxygen atoms in total. The van der Waals surface area contributed by atoms with Crippen LogP contribution in [-0.2, 0) is 14.3 Å². The Morgan fingerprint density at radius 3 is 2.50 bits per heavy atom. The van der Waals surface area contributed by atoms with Crippen LogP contribution in [0.15, 0.2) is 0 Å². The lowest BCUT2D eigenvalue weighted by Crippen LogP contribution is -2.54.